The lowest BCUT2D eigenvalue weighted by atomic mass is 9.91. The molecule has 2 aromatic heterocycles. The van der Waals surface area contributed by atoms with Gasteiger partial charge in [0.1, 0.15) is 0 Å². The van der Waals surface area contributed by atoms with Crippen molar-refractivity contribution in [2.45, 2.75) is 32.2 Å². The number of imidazole rings is 1. The Morgan fingerprint density at radius 3 is 2.92 bits per heavy atom. The number of aromatic amines is 1. The van der Waals surface area contributed by atoms with Gasteiger partial charge in [-0.05, 0) is 25.3 Å². The molecule has 3 heterocycles. The standard InChI is InChI=1S/C19H20N4O2/c1-13-18(25-12-22-13)19(24)23-9-15(17-16(10-23)20-11-21-17)8-7-14-5-3-2-4-6-14/h2-6,11-12,15H,7-10H2,1H3,(H,20,21). The molecule has 0 spiro atoms. The molecular formula is C19H20N4O2. The third kappa shape index (κ3) is 3.07. The van der Waals surface area contributed by atoms with E-state index in [1.807, 2.05) is 11.0 Å². The molecule has 1 amide bonds. The van der Waals surface area contributed by atoms with Crippen molar-refractivity contribution in [3.05, 3.63) is 71.5 Å². The third-order valence-corrected chi connectivity index (χ3v) is 4.78. The summed E-state index contributed by atoms with van der Waals surface area (Å²) in [6, 6.07) is 10.4. The van der Waals surface area contributed by atoms with Gasteiger partial charge in [-0.15, -0.1) is 0 Å². The summed E-state index contributed by atoms with van der Waals surface area (Å²) >= 11 is 0. The number of hydrogen-bond donors (Lipinski definition) is 1. The zero-order valence-electron chi connectivity index (χ0n) is 14.1. The molecule has 0 saturated heterocycles. The van der Waals surface area contributed by atoms with E-state index < -0.39 is 0 Å². The number of aromatic nitrogens is 3. The summed E-state index contributed by atoms with van der Waals surface area (Å²) in [4.78, 5) is 26.3. The van der Waals surface area contributed by atoms with E-state index >= 15 is 0 Å². The Kier molecular flexibility index (Phi) is 4.09. The number of rotatable bonds is 4. The maximum atomic E-state index is 12.8. The fraction of sp³-hybridized carbons (Fsp3) is 0.316. The molecule has 1 unspecified atom stereocenters. The predicted molar refractivity (Wildman–Crippen MR) is 92.1 cm³/mol. The maximum Gasteiger partial charge on any atom is 0.291 e. The highest BCUT2D eigenvalue weighted by Gasteiger charge is 2.32. The normalized spacial score (nSPS) is 16.7. The van der Waals surface area contributed by atoms with E-state index in [1.54, 1.807) is 13.3 Å². The molecule has 1 aliphatic heterocycles. The zero-order valence-corrected chi connectivity index (χ0v) is 14.1. The molecule has 0 aliphatic carbocycles. The van der Waals surface area contributed by atoms with Gasteiger partial charge in [-0.2, -0.15) is 0 Å². The monoisotopic (exact) mass is 336 g/mol. The Balaban J connectivity index is 1.53. The molecule has 6 nitrogen and oxygen atoms in total. The molecule has 1 atom stereocenters. The molecule has 25 heavy (non-hydrogen) atoms. The highest BCUT2D eigenvalue weighted by molar-refractivity contribution is 5.92. The molecule has 0 saturated carbocycles. The van der Waals surface area contributed by atoms with Crippen molar-refractivity contribution in [3.63, 3.8) is 0 Å². The van der Waals surface area contributed by atoms with Gasteiger partial charge < -0.3 is 14.3 Å². The number of carbonyl (C=O) groups is 1. The Morgan fingerprint density at radius 1 is 1.32 bits per heavy atom. The van der Waals surface area contributed by atoms with Gasteiger partial charge in [-0.1, -0.05) is 30.3 Å². The van der Waals surface area contributed by atoms with Gasteiger partial charge in [0.05, 0.1) is 30.0 Å². The van der Waals surface area contributed by atoms with Gasteiger partial charge in [0.2, 0.25) is 5.76 Å². The second-order valence-corrected chi connectivity index (χ2v) is 6.44. The van der Waals surface area contributed by atoms with E-state index in [-0.39, 0.29) is 11.8 Å². The van der Waals surface area contributed by atoms with Crippen LogP contribution < -0.4 is 0 Å². The predicted octanol–water partition coefficient (Wildman–Crippen LogP) is 3.08. The number of nitrogens with zero attached hydrogens (tertiary/aromatic N) is 3. The number of fused-ring (bicyclic) bond motifs is 1. The summed E-state index contributed by atoms with van der Waals surface area (Å²) in [6.07, 6.45) is 4.94. The fourth-order valence-corrected chi connectivity index (χ4v) is 3.44. The summed E-state index contributed by atoms with van der Waals surface area (Å²) in [5, 5.41) is 0. The van der Waals surface area contributed by atoms with E-state index in [4.69, 9.17) is 4.42 Å². The molecule has 3 aromatic rings. The average Bonchev–Trinajstić information content (AvgIpc) is 3.28. The Hall–Kier alpha value is -2.89. The van der Waals surface area contributed by atoms with Gasteiger partial charge in [-0.25, -0.2) is 9.97 Å². The Bertz CT molecular complexity index is 868. The van der Waals surface area contributed by atoms with Crippen molar-refractivity contribution in [2.75, 3.05) is 6.54 Å². The minimum atomic E-state index is -0.111. The van der Waals surface area contributed by atoms with Crippen molar-refractivity contribution in [1.29, 1.82) is 0 Å². The minimum Gasteiger partial charge on any atom is -0.438 e. The van der Waals surface area contributed by atoms with Crippen molar-refractivity contribution in [2.24, 2.45) is 0 Å². The fourth-order valence-electron chi connectivity index (χ4n) is 3.44. The third-order valence-electron chi connectivity index (χ3n) is 4.78. The van der Waals surface area contributed by atoms with Crippen LogP contribution in [0.5, 0.6) is 0 Å². The van der Waals surface area contributed by atoms with E-state index in [0.717, 1.165) is 24.2 Å². The molecule has 6 heteroatoms. The lowest BCUT2D eigenvalue weighted by molar-refractivity contribution is 0.0678. The highest BCUT2D eigenvalue weighted by atomic mass is 16.3. The van der Waals surface area contributed by atoms with Crippen LogP contribution in [0, 0.1) is 6.92 Å². The van der Waals surface area contributed by atoms with E-state index in [2.05, 4.69) is 39.2 Å². The van der Waals surface area contributed by atoms with Crippen LogP contribution in [0.2, 0.25) is 0 Å². The Labute approximate surface area is 145 Å². The summed E-state index contributed by atoms with van der Waals surface area (Å²) in [5.74, 6) is 0.423. The van der Waals surface area contributed by atoms with Gasteiger partial charge >= 0.3 is 0 Å². The van der Waals surface area contributed by atoms with E-state index in [9.17, 15) is 4.79 Å². The summed E-state index contributed by atoms with van der Waals surface area (Å²) in [6.45, 7) is 2.95. The number of aryl methyl sites for hydroxylation is 2. The molecule has 0 radical (unpaired) electrons. The number of nitrogens with one attached hydrogen (secondary N) is 1. The molecule has 4 rings (SSSR count). The van der Waals surface area contributed by atoms with E-state index in [0.29, 0.717) is 24.5 Å². The molecular weight excluding hydrogens is 316 g/mol. The van der Waals surface area contributed by atoms with Crippen LogP contribution in [-0.4, -0.2) is 32.3 Å². The Morgan fingerprint density at radius 2 is 2.16 bits per heavy atom. The van der Waals surface area contributed by atoms with Crippen molar-refractivity contribution < 1.29 is 9.21 Å². The SMILES string of the molecule is Cc1ncoc1C(=O)N1Cc2[nH]cnc2C(CCc2ccccc2)C1. The van der Waals surface area contributed by atoms with Crippen LogP contribution in [0.25, 0.3) is 0 Å². The van der Waals surface area contributed by atoms with E-state index in [1.165, 1.54) is 12.0 Å². The van der Waals surface area contributed by atoms with Crippen molar-refractivity contribution >= 4 is 5.91 Å². The first-order chi connectivity index (χ1) is 12.2. The van der Waals surface area contributed by atoms with Gasteiger partial charge in [0.15, 0.2) is 6.39 Å². The first kappa shape index (κ1) is 15.6. The average molecular weight is 336 g/mol. The zero-order chi connectivity index (χ0) is 17.2. The van der Waals surface area contributed by atoms with Gasteiger partial charge in [-0.3, -0.25) is 4.79 Å². The topological polar surface area (TPSA) is 75.0 Å². The molecule has 0 bridgehead atoms. The lowest BCUT2D eigenvalue weighted by Crippen LogP contribution is -2.38. The van der Waals surface area contributed by atoms with Gasteiger partial charge in [0.25, 0.3) is 5.91 Å². The summed E-state index contributed by atoms with van der Waals surface area (Å²) in [7, 11) is 0. The first-order valence-corrected chi connectivity index (χ1v) is 8.48. The van der Waals surface area contributed by atoms with Crippen LogP contribution in [0.15, 0.2) is 47.5 Å². The molecule has 1 N–H and O–H groups in total. The summed E-state index contributed by atoms with van der Waals surface area (Å²) in [5.41, 5.74) is 4.01. The number of benzene rings is 1. The largest absolute Gasteiger partial charge is 0.438 e. The van der Waals surface area contributed by atoms with Crippen LogP contribution in [0.4, 0.5) is 0 Å². The number of amides is 1. The second-order valence-electron chi connectivity index (χ2n) is 6.44. The van der Waals surface area contributed by atoms with Crippen LogP contribution in [0.3, 0.4) is 0 Å². The van der Waals surface area contributed by atoms with Crippen molar-refractivity contribution in [3.8, 4) is 0 Å². The van der Waals surface area contributed by atoms with Crippen molar-refractivity contribution in [1.82, 2.24) is 19.9 Å². The van der Waals surface area contributed by atoms with Crippen LogP contribution >= 0.6 is 0 Å². The number of hydrogen-bond acceptors (Lipinski definition) is 4. The lowest BCUT2D eigenvalue weighted by Gasteiger charge is -2.31. The van der Waals surface area contributed by atoms with Crippen LogP contribution in [-0.2, 0) is 13.0 Å². The highest BCUT2D eigenvalue weighted by Crippen LogP contribution is 2.30. The molecule has 0 fully saturated rings. The molecule has 1 aliphatic rings. The minimum absolute atomic E-state index is 0.111. The van der Waals surface area contributed by atoms with Crippen LogP contribution in [0.1, 0.15) is 45.5 Å². The van der Waals surface area contributed by atoms with Gasteiger partial charge in [0, 0.05) is 12.5 Å². The molecule has 1 aromatic carbocycles. The number of oxazole rings is 1. The quantitative estimate of drug-likeness (QED) is 0.794. The first-order valence-electron chi connectivity index (χ1n) is 8.48. The second kappa shape index (κ2) is 6.55. The number of H-pyrrole nitrogens is 1. The molecule has 128 valence electrons. The summed E-state index contributed by atoms with van der Waals surface area (Å²) < 4.78 is 5.29. The maximum absolute atomic E-state index is 12.8. The number of carbonyl (C=O) groups excluding carboxylic acids is 1. The smallest absolute Gasteiger partial charge is 0.291 e.